The van der Waals surface area contributed by atoms with Crippen LogP contribution in [0.4, 0.5) is 8.78 Å². The monoisotopic (exact) mass is 245 g/mol. The highest BCUT2D eigenvalue weighted by Gasteiger charge is 2.17. The average Bonchev–Trinajstić information content (AvgIpc) is 2.22. The number of carbonyl (C=O) groups is 1. The second-order valence-corrected chi connectivity index (χ2v) is 3.41. The third kappa shape index (κ3) is 3.37. The zero-order valence-electron chi connectivity index (χ0n) is 9.54. The van der Waals surface area contributed by atoms with Gasteiger partial charge in [-0.2, -0.15) is 0 Å². The Balaban J connectivity index is 2.95. The Morgan fingerprint density at radius 2 is 2.24 bits per heavy atom. The number of carbonyl (C=O) groups excluding carboxylic acids is 1. The quantitative estimate of drug-likeness (QED) is 0.825. The lowest BCUT2D eigenvalue weighted by Gasteiger charge is -2.09. The fraction of sp³-hybridized carbons (Fsp3) is 0.455. The molecule has 0 saturated heterocycles. The van der Waals surface area contributed by atoms with E-state index < -0.39 is 18.1 Å². The van der Waals surface area contributed by atoms with E-state index in [1.807, 2.05) is 0 Å². The highest BCUT2D eigenvalue weighted by molar-refractivity contribution is 5.72. The molecule has 0 saturated carbocycles. The molecule has 0 aliphatic heterocycles. The molecule has 0 aromatic carbocycles. The number of ether oxygens (including phenoxy) is 1. The van der Waals surface area contributed by atoms with Crippen LogP contribution in [-0.4, -0.2) is 22.7 Å². The van der Waals surface area contributed by atoms with Gasteiger partial charge < -0.3 is 9.84 Å². The van der Waals surface area contributed by atoms with Crippen molar-refractivity contribution in [1.29, 1.82) is 0 Å². The maximum atomic E-state index is 12.5. The molecule has 1 heterocycles. The van der Waals surface area contributed by atoms with E-state index in [1.54, 1.807) is 6.92 Å². The Bertz CT molecular complexity index is 421. The minimum absolute atomic E-state index is 0.0466. The summed E-state index contributed by atoms with van der Waals surface area (Å²) in [5.74, 6) is -0.974. The van der Waals surface area contributed by atoms with Gasteiger partial charge in [0.15, 0.2) is 0 Å². The molecular weight excluding hydrogens is 232 g/mol. The molecule has 0 amide bonds. The number of rotatable bonds is 4. The Labute approximate surface area is 97.2 Å². The van der Waals surface area contributed by atoms with E-state index in [0.717, 1.165) is 6.07 Å². The second-order valence-electron chi connectivity index (χ2n) is 3.41. The van der Waals surface area contributed by atoms with Crippen LogP contribution in [0.25, 0.3) is 0 Å². The fourth-order valence-electron chi connectivity index (χ4n) is 1.36. The molecule has 94 valence electrons. The Morgan fingerprint density at radius 3 is 2.76 bits per heavy atom. The summed E-state index contributed by atoms with van der Waals surface area (Å²) in [4.78, 5) is 15.0. The summed E-state index contributed by atoms with van der Waals surface area (Å²) in [5, 5.41) is 9.48. The van der Waals surface area contributed by atoms with Crippen molar-refractivity contribution in [3.8, 4) is 5.75 Å². The maximum Gasteiger partial charge on any atom is 0.312 e. The smallest absolute Gasteiger partial charge is 0.312 e. The molecule has 0 aliphatic carbocycles. The normalized spacial score (nSPS) is 10.6. The molecule has 0 spiro atoms. The molecular formula is C11H13F2NO3. The summed E-state index contributed by atoms with van der Waals surface area (Å²) in [5.41, 5.74) is -0.197. The van der Waals surface area contributed by atoms with E-state index in [4.69, 9.17) is 0 Å². The third-order valence-corrected chi connectivity index (χ3v) is 2.16. The lowest BCUT2D eigenvalue weighted by atomic mass is 10.1. The number of aromatic hydroxyl groups is 1. The maximum absolute atomic E-state index is 12.5. The van der Waals surface area contributed by atoms with E-state index >= 15 is 0 Å². The van der Waals surface area contributed by atoms with E-state index in [9.17, 15) is 18.7 Å². The number of nitrogens with zero attached hydrogens (tertiary/aromatic N) is 1. The molecule has 1 aromatic heterocycles. The van der Waals surface area contributed by atoms with Crippen LogP contribution in [0.5, 0.6) is 5.75 Å². The standard InChI is InChI=1S/C11H13F2NO3/c1-3-17-10(16)5-8-9(15)4-7(11(12)13)6(2)14-8/h4,11,15H,3,5H2,1-2H3. The largest absolute Gasteiger partial charge is 0.506 e. The van der Waals surface area contributed by atoms with Crippen molar-refractivity contribution < 1.29 is 23.4 Å². The summed E-state index contributed by atoms with van der Waals surface area (Å²) in [6.07, 6.45) is -2.94. The van der Waals surface area contributed by atoms with E-state index in [1.165, 1.54) is 6.92 Å². The molecule has 0 bridgehead atoms. The van der Waals surface area contributed by atoms with Crippen LogP contribution in [0.2, 0.25) is 0 Å². The summed E-state index contributed by atoms with van der Waals surface area (Å²) >= 11 is 0. The fourth-order valence-corrected chi connectivity index (χ4v) is 1.36. The number of aryl methyl sites for hydroxylation is 1. The minimum Gasteiger partial charge on any atom is -0.506 e. The van der Waals surface area contributed by atoms with Crippen LogP contribution < -0.4 is 0 Å². The van der Waals surface area contributed by atoms with Gasteiger partial charge >= 0.3 is 5.97 Å². The van der Waals surface area contributed by atoms with E-state index in [2.05, 4.69) is 9.72 Å². The molecule has 1 rings (SSSR count). The lowest BCUT2D eigenvalue weighted by molar-refractivity contribution is -0.142. The molecule has 0 radical (unpaired) electrons. The van der Waals surface area contributed by atoms with Crippen molar-refractivity contribution >= 4 is 5.97 Å². The highest BCUT2D eigenvalue weighted by Crippen LogP contribution is 2.27. The Hall–Kier alpha value is -1.72. The zero-order chi connectivity index (χ0) is 13.0. The second kappa shape index (κ2) is 5.56. The van der Waals surface area contributed by atoms with Crippen molar-refractivity contribution in [2.24, 2.45) is 0 Å². The van der Waals surface area contributed by atoms with Gasteiger partial charge in [-0.15, -0.1) is 0 Å². The van der Waals surface area contributed by atoms with Gasteiger partial charge in [0.2, 0.25) is 0 Å². The predicted molar refractivity (Wildman–Crippen MR) is 55.9 cm³/mol. The van der Waals surface area contributed by atoms with Gasteiger partial charge in [-0.25, -0.2) is 8.78 Å². The van der Waals surface area contributed by atoms with Crippen LogP contribution >= 0.6 is 0 Å². The molecule has 6 heteroatoms. The van der Waals surface area contributed by atoms with Crippen molar-refractivity contribution in [2.75, 3.05) is 6.61 Å². The predicted octanol–water partition coefficient (Wildman–Crippen LogP) is 2.14. The molecule has 1 aromatic rings. The summed E-state index contributed by atoms with van der Waals surface area (Å²) in [6, 6.07) is 0.932. The first-order chi connectivity index (χ1) is 7.95. The summed E-state index contributed by atoms with van der Waals surface area (Å²) < 4.78 is 29.6. The summed E-state index contributed by atoms with van der Waals surface area (Å²) in [6.45, 7) is 3.26. The number of halogens is 2. The first-order valence-electron chi connectivity index (χ1n) is 5.08. The van der Waals surface area contributed by atoms with Gasteiger partial charge in [-0.05, 0) is 19.9 Å². The van der Waals surface area contributed by atoms with Crippen molar-refractivity contribution in [3.05, 3.63) is 23.0 Å². The van der Waals surface area contributed by atoms with Crippen LogP contribution in [0, 0.1) is 6.92 Å². The molecule has 17 heavy (non-hydrogen) atoms. The van der Waals surface area contributed by atoms with Crippen molar-refractivity contribution in [3.63, 3.8) is 0 Å². The van der Waals surface area contributed by atoms with Crippen molar-refractivity contribution in [1.82, 2.24) is 4.98 Å². The Morgan fingerprint density at radius 1 is 1.59 bits per heavy atom. The molecule has 1 N–H and O–H groups in total. The van der Waals surface area contributed by atoms with Gasteiger partial charge in [0, 0.05) is 11.3 Å². The number of hydrogen-bond acceptors (Lipinski definition) is 4. The number of hydrogen-bond donors (Lipinski definition) is 1. The van der Waals surface area contributed by atoms with Crippen LogP contribution in [0.15, 0.2) is 6.07 Å². The minimum atomic E-state index is -2.70. The van der Waals surface area contributed by atoms with Gasteiger partial charge in [-0.1, -0.05) is 0 Å². The Kier molecular flexibility index (Phi) is 4.37. The van der Waals surface area contributed by atoms with Crippen molar-refractivity contribution in [2.45, 2.75) is 26.7 Å². The first-order valence-corrected chi connectivity index (χ1v) is 5.08. The highest BCUT2D eigenvalue weighted by atomic mass is 19.3. The number of esters is 1. The topological polar surface area (TPSA) is 59.4 Å². The van der Waals surface area contributed by atoms with Crippen LogP contribution in [0.3, 0.4) is 0 Å². The number of pyridine rings is 1. The van der Waals surface area contributed by atoms with Crippen LogP contribution in [-0.2, 0) is 16.0 Å². The lowest BCUT2D eigenvalue weighted by Crippen LogP contribution is -2.10. The molecule has 0 atom stereocenters. The number of alkyl halides is 2. The molecule has 0 fully saturated rings. The van der Waals surface area contributed by atoms with Gasteiger partial charge in [0.1, 0.15) is 5.75 Å². The van der Waals surface area contributed by atoms with Gasteiger partial charge in [0.05, 0.1) is 18.7 Å². The SMILES string of the molecule is CCOC(=O)Cc1nc(C)c(C(F)F)cc1O. The zero-order valence-corrected chi connectivity index (χ0v) is 9.54. The third-order valence-electron chi connectivity index (χ3n) is 2.16. The summed E-state index contributed by atoms with van der Waals surface area (Å²) in [7, 11) is 0. The molecule has 0 unspecified atom stereocenters. The van der Waals surface area contributed by atoms with E-state index in [-0.39, 0.29) is 30.0 Å². The van der Waals surface area contributed by atoms with E-state index in [0.29, 0.717) is 0 Å². The molecule has 4 nitrogen and oxygen atoms in total. The average molecular weight is 245 g/mol. The number of aromatic nitrogens is 1. The van der Waals surface area contributed by atoms with Gasteiger partial charge in [0.25, 0.3) is 6.43 Å². The van der Waals surface area contributed by atoms with Gasteiger partial charge in [-0.3, -0.25) is 9.78 Å². The molecule has 0 aliphatic rings. The first kappa shape index (κ1) is 13.3. The van der Waals surface area contributed by atoms with Crippen LogP contribution in [0.1, 0.15) is 30.3 Å².